The summed E-state index contributed by atoms with van der Waals surface area (Å²) < 4.78 is 39.8. The van der Waals surface area contributed by atoms with Crippen LogP contribution in [-0.4, -0.2) is 19.0 Å². The number of rotatable bonds is 5. The van der Waals surface area contributed by atoms with Gasteiger partial charge in [0.2, 0.25) is 0 Å². The smallest absolute Gasteiger partial charge is 0.282 e. The number of carbonyl (C=O) groups excluding carboxylic acids is 1. The molecule has 2 aromatic rings. The number of amides is 1. The van der Waals surface area contributed by atoms with Gasteiger partial charge in [0.25, 0.3) is 5.91 Å². The second kappa shape index (κ2) is 7.49. The van der Waals surface area contributed by atoms with E-state index in [0.29, 0.717) is 6.54 Å². The molecule has 0 aliphatic carbocycles. The maximum absolute atomic E-state index is 13.6. The van der Waals surface area contributed by atoms with E-state index in [0.717, 1.165) is 28.2 Å². The van der Waals surface area contributed by atoms with Crippen LogP contribution in [0.15, 0.2) is 36.4 Å². The number of benzene rings is 2. The molecule has 0 spiro atoms. The summed E-state index contributed by atoms with van der Waals surface area (Å²) in [6.07, 6.45) is 0. The van der Waals surface area contributed by atoms with E-state index in [2.05, 4.69) is 5.32 Å². The number of halogens is 3. The molecule has 0 bridgehead atoms. The summed E-state index contributed by atoms with van der Waals surface area (Å²) in [4.78, 5) is 13.1. The molecule has 0 radical (unpaired) electrons. The first-order valence-corrected chi connectivity index (χ1v) is 7.61. The van der Waals surface area contributed by atoms with Gasteiger partial charge in [-0.1, -0.05) is 29.8 Å². The Labute approximate surface area is 139 Å². The monoisotopic (exact) mass is 337 g/mol. The van der Waals surface area contributed by atoms with Crippen molar-refractivity contribution in [1.29, 1.82) is 0 Å². The minimum absolute atomic E-state index is 0.367. The lowest BCUT2D eigenvalue weighted by molar-refractivity contribution is -0.907. The largest absolute Gasteiger partial charge is 0.324 e. The average Bonchev–Trinajstić information content (AvgIpc) is 2.56. The number of aryl methyl sites for hydroxylation is 1. The predicted octanol–water partition coefficient (Wildman–Crippen LogP) is 2.45. The molecule has 2 rings (SSSR count). The fraction of sp³-hybridized carbons (Fsp3) is 0.278. The molecule has 0 fully saturated rings. The molecule has 0 heterocycles. The summed E-state index contributed by atoms with van der Waals surface area (Å²) in [6.45, 7) is 4.29. The van der Waals surface area contributed by atoms with Crippen LogP contribution in [0.2, 0.25) is 0 Å². The van der Waals surface area contributed by atoms with Crippen molar-refractivity contribution in [2.75, 3.05) is 12.4 Å². The molecule has 1 amide bonds. The Bertz CT molecular complexity index is 732. The maximum atomic E-state index is 13.6. The Balaban J connectivity index is 2.03. The fourth-order valence-corrected chi connectivity index (χ4v) is 2.27. The summed E-state index contributed by atoms with van der Waals surface area (Å²) in [5.74, 6) is -4.75. The molecule has 2 N–H and O–H groups in total. The van der Waals surface area contributed by atoms with E-state index in [4.69, 9.17) is 0 Å². The predicted molar refractivity (Wildman–Crippen MR) is 86.2 cm³/mol. The molecule has 0 aromatic heterocycles. The first-order chi connectivity index (χ1) is 11.3. The number of hydrogen-bond donors (Lipinski definition) is 2. The van der Waals surface area contributed by atoms with E-state index in [9.17, 15) is 18.0 Å². The Morgan fingerprint density at radius 2 is 1.71 bits per heavy atom. The van der Waals surface area contributed by atoms with Gasteiger partial charge < -0.3 is 10.2 Å². The number of anilines is 1. The zero-order valence-electron chi connectivity index (χ0n) is 13.8. The van der Waals surface area contributed by atoms with E-state index < -0.39 is 29.4 Å². The topological polar surface area (TPSA) is 33.5 Å². The minimum atomic E-state index is -1.60. The Morgan fingerprint density at radius 1 is 1.08 bits per heavy atom. The lowest BCUT2D eigenvalue weighted by Crippen LogP contribution is -3.12. The van der Waals surface area contributed by atoms with Crippen LogP contribution >= 0.6 is 0 Å². The number of quaternary nitrogens is 1. The van der Waals surface area contributed by atoms with Crippen molar-refractivity contribution >= 4 is 11.6 Å². The highest BCUT2D eigenvalue weighted by Crippen LogP contribution is 2.19. The Kier molecular flexibility index (Phi) is 5.62. The molecule has 24 heavy (non-hydrogen) atoms. The first-order valence-electron chi connectivity index (χ1n) is 7.61. The van der Waals surface area contributed by atoms with E-state index in [1.165, 1.54) is 0 Å². The lowest BCUT2D eigenvalue weighted by Gasteiger charge is -2.21. The zero-order valence-corrected chi connectivity index (χ0v) is 13.8. The highest BCUT2D eigenvalue weighted by atomic mass is 19.2. The first kappa shape index (κ1) is 18.0. The molecule has 6 heteroatoms. The van der Waals surface area contributed by atoms with Crippen molar-refractivity contribution in [3.05, 3.63) is 65.0 Å². The second-order valence-electron chi connectivity index (χ2n) is 5.94. The molecular formula is C18H20F3N2O+. The SMILES string of the molecule is Cc1ccc(C[NH+](C)[C@@H](C)C(=O)Nc2ccc(F)c(F)c2F)cc1. The third-order valence-electron chi connectivity index (χ3n) is 4.03. The van der Waals surface area contributed by atoms with Crippen molar-refractivity contribution in [2.24, 2.45) is 0 Å². The molecular weight excluding hydrogens is 317 g/mol. The summed E-state index contributed by atoms with van der Waals surface area (Å²) in [6, 6.07) is 9.24. The summed E-state index contributed by atoms with van der Waals surface area (Å²) in [5.41, 5.74) is 1.85. The number of nitrogens with one attached hydrogen (secondary N) is 2. The lowest BCUT2D eigenvalue weighted by atomic mass is 10.1. The molecule has 3 nitrogen and oxygen atoms in total. The van der Waals surface area contributed by atoms with Crippen LogP contribution in [0, 0.1) is 24.4 Å². The standard InChI is InChI=1S/C18H19F3N2O/c1-11-4-6-13(7-5-11)10-23(3)12(2)18(24)22-15-9-8-14(19)16(20)17(15)21/h4-9,12H,10H2,1-3H3,(H,22,24)/p+1/t12-/m0/s1. The molecule has 128 valence electrons. The molecule has 0 saturated heterocycles. The third-order valence-corrected chi connectivity index (χ3v) is 4.03. The average molecular weight is 337 g/mol. The van der Waals surface area contributed by atoms with Gasteiger partial charge in [0, 0.05) is 5.56 Å². The van der Waals surface area contributed by atoms with Gasteiger partial charge in [0.05, 0.1) is 12.7 Å². The maximum Gasteiger partial charge on any atom is 0.282 e. The van der Waals surface area contributed by atoms with Gasteiger partial charge in [-0.3, -0.25) is 4.79 Å². The van der Waals surface area contributed by atoms with Gasteiger partial charge in [0.15, 0.2) is 23.5 Å². The van der Waals surface area contributed by atoms with E-state index >= 15 is 0 Å². The van der Waals surface area contributed by atoms with Gasteiger partial charge in [0.1, 0.15) is 6.54 Å². The minimum Gasteiger partial charge on any atom is -0.324 e. The van der Waals surface area contributed by atoms with Crippen LogP contribution in [0.5, 0.6) is 0 Å². The van der Waals surface area contributed by atoms with Crippen LogP contribution < -0.4 is 10.2 Å². The highest BCUT2D eigenvalue weighted by molar-refractivity contribution is 5.93. The molecule has 2 aromatic carbocycles. The van der Waals surface area contributed by atoms with Crippen LogP contribution in [0.3, 0.4) is 0 Å². The summed E-state index contributed by atoms with van der Waals surface area (Å²) >= 11 is 0. The Morgan fingerprint density at radius 3 is 2.33 bits per heavy atom. The number of carbonyl (C=O) groups is 1. The van der Waals surface area contributed by atoms with Gasteiger partial charge in [-0.15, -0.1) is 0 Å². The van der Waals surface area contributed by atoms with Crippen molar-refractivity contribution in [2.45, 2.75) is 26.4 Å². The third kappa shape index (κ3) is 4.14. The van der Waals surface area contributed by atoms with Crippen LogP contribution in [0.25, 0.3) is 0 Å². The zero-order chi connectivity index (χ0) is 17.9. The van der Waals surface area contributed by atoms with Crippen LogP contribution in [0.1, 0.15) is 18.1 Å². The van der Waals surface area contributed by atoms with Gasteiger partial charge in [-0.2, -0.15) is 0 Å². The summed E-state index contributed by atoms with van der Waals surface area (Å²) in [5, 5.41) is 2.31. The quantitative estimate of drug-likeness (QED) is 0.808. The number of likely N-dealkylation sites (N-methyl/N-ethyl adjacent to an activating group) is 1. The Hall–Kier alpha value is -2.34. The summed E-state index contributed by atoms with van der Waals surface area (Å²) in [7, 11) is 1.84. The van der Waals surface area contributed by atoms with E-state index in [1.54, 1.807) is 6.92 Å². The van der Waals surface area contributed by atoms with Crippen LogP contribution in [-0.2, 0) is 11.3 Å². The van der Waals surface area contributed by atoms with Gasteiger partial charge in [-0.05, 0) is 26.0 Å². The fourth-order valence-electron chi connectivity index (χ4n) is 2.27. The number of hydrogen-bond acceptors (Lipinski definition) is 1. The van der Waals surface area contributed by atoms with Crippen molar-refractivity contribution in [3.63, 3.8) is 0 Å². The highest BCUT2D eigenvalue weighted by Gasteiger charge is 2.24. The second-order valence-corrected chi connectivity index (χ2v) is 5.94. The molecule has 0 aliphatic heterocycles. The molecule has 0 saturated carbocycles. The van der Waals surface area contributed by atoms with Gasteiger partial charge in [-0.25, -0.2) is 13.2 Å². The van der Waals surface area contributed by atoms with Crippen molar-refractivity contribution < 1.29 is 22.9 Å². The van der Waals surface area contributed by atoms with Crippen LogP contribution in [0.4, 0.5) is 18.9 Å². The molecule has 1 unspecified atom stereocenters. The normalized spacial score (nSPS) is 13.4. The molecule has 0 aliphatic rings. The van der Waals surface area contributed by atoms with E-state index in [-0.39, 0.29) is 5.69 Å². The van der Waals surface area contributed by atoms with Crippen molar-refractivity contribution in [1.82, 2.24) is 0 Å². The molecule has 2 atom stereocenters. The van der Waals surface area contributed by atoms with E-state index in [1.807, 2.05) is 38.2 Å². The van der Waals surface area contributed by atoms with Gasteiger partial charge >= 0.3 is 0 Å². The van der Waals surface area contributed by atoms with Crippen molar-refractivity contribution in [3.8, 4) is 0 Å².